The summed E-state index contributed by atoms with van der Waals surface area (Å²) in [7, 11) is 3.02. The van der Waals surface area contributed by atoms with Crippen molar-refractivity contribution < 1.29 is 24.2 Å². The number of carbonyl (C=O) groups excluding carboxylic acids is 2. The number of nitrogens with zero attached hydrogens (tertiary/aromatic N) is 1. The molecule has 0 radical (unpaired) electrons. The lowest BCUT2D eigenvalue weighted by molar-refractivity contribution is -0.140. The van der Waals surface area contributed by atoms with Gasteiger partial charge in [0.05, 0.1) is 29.8 Å². The Hall–Kier alpha value is -2.22. The molecule has 27 heavy (non-hydrogen) atoms. The summed E-state index contributed by atoms with van der Waals surface area (Å²) in [6, 6.07) is 2.18. The van der Waals surface area contributed by atoms with Crippen molar-refractivity contribution in [1.82, 2.24) is 10.2 Å². The van der Waals surface area contributed by atoms with Crippen molar-refractivity contribution in [2.24, 2.45) is 5.92 Å². The number of phenolic OH excluding ortho intramolecular Hbond substituents is 1. The van der Waals surface area contributed by atoms with E-state index in [1.165, 1.54) is 12.0 Å². The molecule has 1 aromatic carbocycles. The fraction of sp³-hybridized carbons (Fsp3) is 0.474. The number of benzene rings is 1. The fourth-order valence-corrected chi connectivity index (χ4v) is 3.19. The molecule has 0 fully saturated rings. The van der Waals surface area contributed by atoms with Gasteiger partial charge in [-0.3, -0.25) is 0 Å². The topological polar surface area (TPSA) is 88.1 Å². The molecule has 0 spiro atoms. The number of amides is 2. The van der Waals surface area contributed by atoms with Gasteiger partial charge in [-0.2, -0.15) is 0 Å². The van der Waals surface area contributed by atoms with Gasteiger partial charge in [0.1, 0.15) is 0 Å². The first-order valence-corrected chi connectivity index (χ1v) is 9.45. The van der Waals surface area contributed by atoms with Gasteiger partial charge < -0.3 is 24.8 Å². The molecule has 2 amide bonds. The number of methoxy groups -OCH3 is 1. The Bertz CT molecular complexity index is 776. The second-order valence-corrected chi connectivity index (χ2v) is 7.67. The number of carbonyl (C=O) groups is 2. The van der Waals surface area contributed by atoms with Crippen molar-refractivity contribution in [3.8, 4) is 11.5 Å². The minimum atomic E-state index is -0.717. The third-order valence-electron chi connectivity index (χ3n) is 4.51. The highest BCUT2D eigenvalue weighted by Crippen LogP contribution is 2.40. The average molecular weight is 441 g/mol. The monoisotopic (exact) mass is 440 g/mol. The Morgan fingerprint density at radius 1 is 1.41 bits per heavy atom. The molecule has 1 aliphatic rings. The number of ether oxygens (including phenoxy) is 2. The van der Waals surface area contributed by atoms with Crippen LogP contribution in [0, 0.1) is 5.92 Å². The zero-order chi connectivity index (χ0) is 20.3. The molecule has 2 rings (SSSR count). The number of hydrogen-bond acceptors (Lipinski definition) is 5. The SMILES string of the molecule is COc1cc([C@H]2NC(=O)N(C)C(C)=C2C(=O)OCCC(C)C)cc(Br)c1O. The fourth-order valence-electron chi connectivity index (χ4n) is 2.73. The molecule has 8 heteroatoms. The van der Waals surface area contributed by atoms with Crippen LogP contribution in [-0.2, 0) is 9.53 Å². The molecule has 0 aliphatic carbocycles. The summed E-state index contributed by atoms with van der Waals surface area (Å²) in [5.74, 6) is 0.114. The van der Waals surface area contributed by atoms with E-state index in [1.54, 1.807) is 26.1 Å². The van der Waals surface area contributed by atoms with E-state index in [1.807, 2.05) is 0 Å². The standard InChI is InChI=1S/C19H25BrN2O5/c1-10(2)6-7-27-18(24)15-11(3)22(4)19(25)21-16(15)12-8-13(20)17(23)14(9-12)26-5/h8-10,16,23H,6-7H2,1-5H3,(H,21,25)/t16-/m1/s1. The summed E-state index contributed by atoms with van der Waals surface area (Å²) in [6.45, 7) is 6.11. The van der Waals surface area contributed by atoms with E-state index in [0.29, 0.717) is 33.8 Å². The molecule has 0 unspecified atom stereocenters. The Morgan fingerprint density at radius 2 is 2.07 bits per heavy atom. The van der Waals surface area contributed by atoms with Crippen LogP contribution in [0.4, 0.5) is 4.79 Å². The van der Waals surface area contributed by atoms with Crippen LogP contribution < -0.4 is 10.1 Å². The van der Waals surface area contributed by atoms with E-state index in [-0.39, 0.29) is 17.5 Å². The number of hydrogen-bond donors (Lipinski definition) is 2. The number of esters is 1. The molecule has 1 atom stereocenters. The third-order valence-corrected chi connectivity index (χ3v) is 5.11. The molecule has 1 heterocycles. The molecule has 1 aromatic rings. The van der Waals surface area contributed by atoms with E-state index in [2.05, 4.69) is 35.1 Å². The maximum atomic E-state index is 12.8. The van der Waals surface area contributed by atoms with Gasteiger partial charge in [-0.1, -0.05) is 13.8 Å². The lowest BCUT2D eigenvalue weighted by atomic mass is 9.94. The maximum absolute atomic E-state index is 12.8. The predicted octanol–water partition coefficient (Wildman–Crippen LogP) is 3.72. The van der Waals surface area contributed by atoms with Crippen LogP contribution in [0.15, 0.2) is 27.9 Å². The van der Waals surface area contributed by atoms with E-state index in [9.17, 15) is 14.7 Å². The summed E-state index contributed by atoms with van der Waals surface area (Å²) in [4.78, 5) is 26.5. The largest absolute Gasteiger partial charge is 0.503 e. The van der Waals surface area contributed by atoms with Crippen LogP contribution in [0.2, 0.25) is 0 Å². The molecule has 0 saturated carbocycles. The van der Waals surface area contributed by atoms with Crippen molar-refractivity contribution in [3.05, 3.63) is 33.4 Å². The van der Waals surface area contributed by atoms with Crippen LogP contribution in [0.3, 0.4) is 0 Å². The van der Waals surface area contributed by atoms with Crippen molar-refractivity contribution >= 4 is 27.9 Å². The van der Waals surface area contributed by atoms with Gasteiger partial charge >= 0.3 is 12.0 Å². The van der Waals surface area contributed by atoms with Gasteiger partial charge in [0.15, 0.2) is 11.5 Å². The quantitative estimate of drug-likeness (QED) is 0.657. The highest BCUT2D eigenvalue weighted by molar-refractivity contribution is 9.10. The first kappa shape index (κ1) is 21.1. The van der Waals surface area contributed by atoms with E-state index < -0.39 is 12.0 Å². The van der Waals surface area contributed by atoms with Crippen molar-refractivity contribution in [1.29, 1.82) is 0 Å². The number of phenols is 1. The maximum Gasteiger partial charge on any atom is 0.338 e. The smallest absolute Gasteiger partial charge is 0.338 e. The van der Waals surface area contributed by atoms with Gasteiger partial charge in [-0.25, -0.2) is 9.59 Å². The third kappa shape index (κ3) is 4.55. The zero-order valence-corrected chi connectivity index (χ0v) is 17.7. The number of aromatic hydroxyl groups is 1. The highest BCUT2D eigenvalue weighted by atomic mass is 79.9. The number of allylic oxidation sites excluding steroid dienone is 1. The van der Waals surface area contributed by atoms with Crippen LogP contribution >= 0.6 is 15.9 Å². The molecule has 148 valence electrons. The molecule has 0 bridgehead atoms. The summed E-state index contributed by atoms with van der Waals surface area (Å²) in [5, 5.41) is 12.8. The molecular weight excluding hydrogens is 416 g/mol. The van der Waals surface area contributed by atoms with Gasteiger partial charge in [0.25, 0.3) is 0 Å². The highest BCUT2D eigenvalue weighted by Gasteiger charge is 2.35. The van der Waals surface area contributed by atoms with Crippen molar-refractivity contribution in [2.75, 3.05) is 20.8 Å². The Labute approximate surface area is 167 Å². The number of urea groups is 1. The second-order valence-electron chi connectivity index (χ2n) is 6.81. The summed E-state index contributed by atoms with van der Waals surface area (Å²) in [5.41, 5.74) is 1.45. The normalized spacial score (nSPS) is 17.2. The molecule has 1 aliphatic heterocycles. The van der Waals surface area contributed by atoms with Crippen LogP contribution in [0.1, 0.15) is 38.8 Å². The Kier molecular flexibility index (Phi) is 6.75. The lowest BCUT2D eigenvalue weighted by Crippen LogP contribution is -2.46. The first-order valence-electron chi connectivity index (χ1n) is 8.65. The molecule has 0 saturated heterocycles. The van der Waals surface area contributed by atoms with E-state index in [0.717, 1.165) is 6.42 Å². The Morgan fingerprint density at radius 3 is 2.67 bits per heavy atom. The predicted molar refractivity (Wildman–Crippen MR) is 105 cm³/mol. The van der Waals surface area contributed by atoms with Crippen molar-refractivity contribution in [2.45, 2.75) is 33.2 Å². The molecule has 2 N–H and O–H groups in total. The Balaban J connectivity index is 2.45. The van der Waals surface area contributed by atoms with Crippen LogP contribution in [-0.4, -0.2) is 42.8 Å². The summed E-state index contributed by atoms with van der Waals surface area (Å²) >= 11 is 3.28. The summed E-state index contributed by atoms with van der Waals surface area (Å²) < 4.78 is 11.0. The van der Waals surface area contributed by atoms with Crippen LogP contribution in [0.25, 0.3) is 0 Å². The van der Waals surface area contributed by atoms with E-state index >= 15 is 0 Å². The number of rotatable bonds is 6. The minimum absolute atomic E-state index is 0.0535. The number of nitrogens with one attached hydrogen (secondary N) is 1. The summed E-state index contributed by atoms with van der Waals surface area (Å²) in [6.07, 6.45) is 0.753. The van der Waals surface area contributed by atoms with Gasteiger partial charge in [-0.15, -0.1) is 0 Å². The average Bonchev–Trinajstić information content (AvgIpc) is 2.61. The first-order chi connectivity index (χ1) is 12.7. The van der Waals surface area contributed by atoms with Gasteiger partial charge in [0, 0.05) is 12.7 Å². The van der Waals surface area contributed by atoms with Gasteiger partial charge in [-0.05, 0) is 52.9 Å². The number of halogens is 1. The molecule has 7 nitrogen and oxygen atoms in total. The second kappa shape index (κ2) is 8.65. The molecule has 0 aromatic heterocycles. The zero-order valence-electron chi connectivity index (χ0n) is 16.1. The molecular formula is C19H25BrN2O5. The van der Waals surface area contributed by atoms with Gasteiger partial charge in [0.2, 0.25) is 0 Å². The van der Waals surface area contributed by atoms with E-state index in [4.69, 9.17) is 9.47 Å². The van der Waals surface area contributed by atoms with Crippen LogP contribution in [0.5, 0.6) is 11.5 Å². The van der Waals surface area contributed by atoms with Crippen molar-refractivity contribution in [3.63, 3.8) is 0 Å². The minimum Gasteiger partial charge on any atom is -0.503 e. The lowest BCUT2D eigenvalue weighted by Gasteiger charge is -2.33.